The van der Waals surface area contributed by atoms with E-state index < -0.39 is 5.97 Å². The molecule has 1 aliphatic rings. The fourth-order valence-electron chi connectivity index (χ4n) is 2.50. The second-order valence-corrected chi connectivity index (χ2v) is 5.81. The lowest BCUT2D eigenvalue weighted by molar-refractivity contribution is -0.134. The third-order valence-corrected chi connectivity index (χ3v) is 3.94. The van der Waals surface area contributed by atoms with Gasteiger partial charge in [0.1, 0.15) is 5.75 Å². The molecule has 0 aromatic heterocycles. The minimum absolute atomic E-state index is 0.151. The average Bonchev–Trinajstić information content (AvgIpc) is 3.09. The monoisotopic (exact) mass is 381 g/mol. The minimum Gasteiger partial charge on any atom is -0.497 e. The van der Waals surface area contributed by atoms with Crippen molar-refractivity contribution in [3.05, 3.63) is 59.3 Å². The highest BCUT2D eigenvalue weighted by Gasteiger charge is 2.24. The Kier molecular flexibility index (Phi) is 5.74. The van der Waals surface area contributed by atoms with Crippen LogP contribution in [0.3, 0.4) is 0 Å². The molecule has 0 radical (unpaired) electrons. The number of benzene rings is 2. The summed E-state index contributed by atoms with van der Waals surface area (Å²) in [6.07, 6.45) is 1.83. The number of hydrogen-bond acceptors (Lipinski definition) is 7. The lowest BCUT2D eigenvalue weighted by atomic mass is 10.1. The van der Waals surface area contributed by atoms with Crippen molar-refractivity contribution < 1.29 is 28.5 Å². The molecule has 0 aliphatic carbocycles. The van der Waals surface area contributed by atoms with Crippen molar-refractivity contribution in [2.75, 3.05) is 14.2 Å². The highest BCUT2D eigenvalue weighted by Crippen LogP contribution is 2.30. The molecule has 144 valence electrons. The zero-order chi connectivity index (χ0) is 20.1. The van der Waals surface area contributed by atoms with Crippen LogP contribution >= 0.6 is 0 Å². The summed E-state index contributed by atoms with van der Waals surface area (Å²) in [5.41, 5.74) is 1.43. The van der Waals surface area contributed by atoms with Crippen molar-refractivity contribution in [3.63, 3.8) is 0 Å². The fraction of sp³-hybridized carbons (Fsp3) is 0.190. The number of esters is 2. The van der Waals surface area contributed by atoms with Crippen LogP contribution in [-0.4, -0.2) is 32.1 Å². The maximum Gasteiger partial charge on any atom is 0.363 e. The molecule has 0 N–H and O–H groups in total. The van der Waals surface area contributed by atoms with Gasteiger partial charge in [-0.1, -0.05) is 19.1 Å². The molecule has 0 amide bonds. The second kappa shape index (κ2) is 8.39. The number of nitrogens with zero attached hydrogens (tertiary/aromatic N) is 1. The van der Waals surface area contributed by atoms with Crippen LogP contribution in [0.5, 0.6) is 17.2 Å². The Morgan fingerprint density at radius 3 is 2.64 bits per heavy atom. The zero-order valence-corrected chi connectivity index (χ0v) is 15.7. The zero-order valence-electron chi connectivity index (χ0n) is 15.7. The van der Waals surface area contributed by atoms with E-state index in [0.717, 1.165) is 0 Å². The molecule has 1 aliphatic heterocycles. The Morgan fingerprint density at radius 2 is 1.93 bits per heavy atom. The topological polar surface area (TPSA) is 83.4 Å². The van der Waals surface area contributed by atoms with Crippen molar-refractivity contribution in [2.24, 2.45) is 4.99 Å². The quantitative estimate of drug-likeness (QED) is 0.433. The Labute approximate surface area is 162 Å². The predicted molar refractivity (Wildman–Crippen MR) is 103 cm³/mol. The largest absolute Gasteiger partial charge is 0.497 e. The van der Waals surface area contributed by atoms with E-state index in [4.69, 9.17) is 18.9 Å². The van der Waals surface area contributed by atoms with E-state index in [1.165, 1.54) is 7.11 Å². The average molecular weight is 381 g/mol. The Bertz CT molecular complexity index is 977. The van der Waals surface area contributed by atoms with Crippen molar-refractivity contribution in [3.8, 4) is 17.2 Å². The van der Waals surface area contributed by atoms with Gasteiger partial charge >= 0.3 is 11.9 Å². The van der Waals surface area contributed by atoms with Gasteiger partial charge in [0.15, 0.2) is 17.2 Å². The number of ether oxygens (including phenoxy) is 4. The van der Waals surface area contributed by atoms with Crippen molar-refractivity contribution in [2.45, 2.75) is 13.3 Å². The Morgan fingerprint density at radius 1 is 1.11 bits per heavy atom. The molecule has 0 unspecified atom stereocenters. The summed E-state index contributed by atoms with van der Waals surface area (Å²) in [7, 11) is 3.03. The standard InChI is InChI=1S/C21H19NO6/c1-4-19(23)27-17-9-8-13(11-18(17)26-3)10-16-21(24)28-20(22-16)14-6-5-7-15(12-14)25-2/h5-12H,4H2,1-3H3/b16-10-. The summed E-state index contributed by atoms with van der Waals surface area (Å²) in [5.74, 6) is 0.603. The van der Waals surface area contributed by atoms with Gasteiger partial charge in [-0.15, -0.1) is 0 Å². The molecule has 0 fully saturated rings. The van der Waals surface area contributed by atoms with Gasteiger partial charge in [-0.2, -0.15) is 0 Å². The summed E-state index contributed by atoms with van der Waals surface area (Å²) in [6, 6.07) is 12.0. The van der Waals surface area contributed by atoms with Gasteiger partial charge in [-0.05, 0) is 42.0 Å². The minimum atomic E-state index is -0.557. The van der Waals surface area contributed by atoms with E-state index in [1.54, 1.807) is 62.6 Å². The molecule has 0 bridgehead atoms. The van der Waals surface area contributed by atoms with Gasteiger partial charge in [-0.25, -0.2) is 9.79 Å². The first-order valence-corrected chi connectivity index (χ1v) is 8.59. The van der Waals surface area contributed by atoms with E-state index in [9.17, 15) is 9.59 Å². The summed E-state index contributed by atoms with van der Waals surface area (Å²) >= 11 is 0. The van der Waals surface area contributed by atoms with Gasteiger partial charge < -0.3 is 18.9 Å². The van der Waals surface area contributed by atoms with Crippen LogP contribution < -0.4 is 14.2 Å². The number of carbonyl (C=O) groups excluding carboxylic acids is 2. The van der Waals surface area contributed by atoms with Gasteiger partial charge in [0.25, 0.3) is 0 Å². The number of aliphatic imine (C=N–C) groups is 1. The molecular formula is C21H19NO6. The molecule has 1 heterocycles. The van der Waals surface area contributed by atoms with E-state index in [2.05, 4.69) is 4.99 Å². The van der Waals surface area contributed by atoms with Gasteiger partial charge in [0.2, 0.25) is 5.90 Å². The Hall–Kier alpha value is -3.61. The predicted octanol–water partition coefficient (Wildman–Crippen LogP) is 3.36. The molecule has 7 nitrogen and oxygen atoms in total. The molecule has 0 atom stereocenters. The fourth-order valence-corrected chi connectivity index (χ4v) is 2.50. The lowest BCUT2D eigenvalue weighted by Gasteiger charge is -2.09. The highest BCUT2D eigenvalue weighted by molar-refractivity contribution is 6.13. The maximum absolute atomic E-state index is 12.2. The van der Waals surface area contributed by atoms with Crippen LogP contribution in [0.25, 0.3) is 6.08 Å². The van der Waals surface area contributed by atoms with Gasteiger partial charge in [0.05, 0.1) is 14.2 Å². The third-order valence-electron chi connectivity index (χ3n) is 3.94. The lowest BCUT2D eigenvalue weighted by Crippen LogP contribution is -2.06. The molecule has 2 aromatic carbocycles. The molecule has 28 heavy (non-hydrogen) atoms. The van der Waals surface area contributed by atoms with Crippen LogP contribution in [-0.2, 0) is 14.3 Å². The molecule has 7 heteroatoms. The van der Waals surface area contributed by atoms with E-state index in [0.29, 0.717) is 28.4 Å². The van der Waals surface area contributed by atoms with Crippen LogP contribution in [0.15, 0.2) is 53.2 Å². The third kappa shape index (κ3) is 4.20. The Balaban J connectivity index is 1.89. The summed E-state index contributed by atoms with van der Waals surface area (Å²) in [5, 5.41) is 0. The van der Waals surface area contributed by atoms with Crippen LogP contribution in [0, 0.1) is 0 Å². The van der Waals surface area contributed by atoms with Gasteiger partial charge in [-0.3, -0.25) is 4.79 Å². The van der Waals surface area contributed by atoms with Gasteiger partial charge in [0, 0.05) is 12.0 Å². The normalized spacial score (nSPS) is 14.5. The van der Waals surface area contributed by atoms with Crippen molar-refractivity contribution >= 4 is 23.9 Å². The van der Waals surface area contributed by atoms with Crippen LogP contribution in [0.2, 0.25) is 0 Å². The highest BCUT2D eigenvalue weighted by atomic mass is 16.6. The first-order valence-electron chi connectivity index (χ1n) is 8.59. The number of rotatable bonds is 6. The number of carbonyl (C=O) groups is 2. The summed E-state index contributed by atoms with van der Waals surface area (Å²) in [6.45, 7) is 1.71. The first-order chi connectivity index (χ1) is 13.5. The van der Waals surface area contributed by atoms with E-state index >= 15 is 0 Å². The molecule has 0 spiro atoms. The maximum atomic E-state index is 12.2. The van der Waals surface area contributed by atoms with E-state index in [1.807, 2.05) is 0 Å². The molecule has 0 saturated heterocycles. The summed E-state index contributed by atoms with van der Waals surface area (Å²) in [4.78, 5) is 28.0. The first kappa shape index (κ1) is 19.2. The number of cyclic esters (lactones) is 1. The van der Waals surface area contributed by atoms with Crippen LogP contribution in [0.4, 0.5) is 0 Å². The number of methoxy groups -OCH3 is 2. The number of hydrogen-bond donors (Lipinski definition) is 0. The van der Waals surface area contributed by atoms with Crippen LogP contribution in [0.1, 0.15) is 24.5 Å². The van der Waals surface area contributed by atoms with Crippen molar-refractivity contribution in [1.82, 2.24) is 0 Å². The second-order valence-electron chi connectivity index (χ2n) is 5.81. The molecule has 2 aromatic rings. The van der Waals surface area contributed by atoms with Crippen molar-refractivity contribution in [1.29, 1.82) is 0 Å². The SMILES string of the molecule is CCC(=O)Oc1ccc(/C=C2\N=C(c3cccc(OC)c3)OC2=O)cc1OC. The molecule has 0 saturated carbocycles. The molecular weight excluding hydrogens is 362 g/mol. The smallest absolute Gasteiger partial charge is 0.363 e. The molecule has 3 rings (SSSR count). The summed E-state index contributed by atoms with van der Waals surface area (Å²) < 4.78 is 20.9. The van der Waals surface area contributed by atoms with E-state index in [-0.39, 0.29) is 24.0 Å².